The van der Waals surface area contributed by atoms with Crippen molar-refractivity contribution in [2.24, 2.45) is 7.05 Å². The van der Waals surface area contributed by atoms with Crippen LogP contribution in [0, 0.1) is 5.82 Å². The lowest BCUT2D eigenvalue weighted by atomic mass is 10.2. The molecular weight excluding hydrogens is 249 g/mol. The first-order chi connectivity index (χ1) is 6.61. The van der Waals surface area contributed by atoms with Gasteiger partial charge in [0, 0.05) is 18.5 Å². The van der Waals surface area contributed by atoms with Gasteiger partial charge in [-0.05, 0) is 28.1 Å². The number of halogens is 2. The molecule has 4 heteroatoms. The minimum atomic E-state index is -0.400. The molecule has 2 nitrogen and oxygen atoms in total. The van der Waals surface area contributed by atoms with Crippen molar-refractivity contribution in [3.05, 3.63) is 44.9 Å². The predicted molar refractivity (Wildman–Crippen MR) is 56.8 cm³/mol. The fraction of sp³-hybridized carbons (Fsp3) is 0.100. The molecule has 0 unspecified atom stereocenters. The van der Waals surface area contributed by atoms with Gasteiger partial charge in [-0.25, -0.2) is 4.39 Å². The second kappa shape index (κ2) is 3.20. The number of hydrogen-bond acceptors (Lipinski definition) is 1. The molecule has 2 rings (SSSR count). The maximum absolute atomic E-state index is 13.6. The number of fused-ring (bicyclic) bond motifs is 1. The predicted octanol–water partition coefficient (Wildman–Crippen LogP) is 2.44. The topological polar surface area (TPSA) is 22.0 Å². The highest BCUT2D eigenvalue weighted by molar-refractivity contribution is 9.10. The summed E-state index contributed by atoms with van der Waals surface area (Å²) in [4.78, 5) is 11.3. The van der Waals surface area contributed by atoms with Gasteiger partial charge in [0.1, 0.15) is 0 Å². The first kappa shape index (κ1) is 9.40. The fourth-order valence-corrected chi connectivity index (χ4v) is 1.73. The van der Waals surface area contributed by atoms with Crippen molar-refractivity contribution >= 4 is 26.8 Å². The number of rotatable bonds is 0. The molecular formula is C10H7BrFNO. The molecule has 0 radical (unpaired) electrons. The standard InChI is InChI=1S/C10H7BrFNO/c1-13-8(14)5-3-6-2-4-7(11)9(12)10(6)13/h2-5H,1H3. The van der Waals surface area contributed by atoms with Crippen LogP contribution < -0.4 is 5.56 Å². The van der Waals surface area contributed by atoms with Crippen LogP contribution in [0.15, 0.2) is 33.5 Å². The summed E-state index contributed by atoms with van der Waals surface area (Å²) >= 11 is 3.08. The second-order valence-corrected chi connectivity index (χ2v) is 3.88. The van der Waals surface area contributed by atoms with Crippen molar-refractivity contribution in [3.63, 3.8) is 0 Å². The molecule has 0 aliphatic heterocycles. The minimum absolute atomic E-state index is 0.213. The van der Waals surface area contributed by atoms with E-state index in [4.69, 9.17) is 0 Å². The monoisotopic (exact) mass is 255 g/mol. The van der Waals surface area contributed by atoms with Crippen molar-refractivity contribution in [2.75, 3.05) is 0 Å². The third-order valence-electron chi connectivity index (χ3n) is 2.17. The minimum Gasteiger partial charge on any atom is -0.309 e. The van der Waals surface area contributed by atoms with Gasteiger partial charge in [0.2, 0.25) is 0 Å². The van der Waals surface area contributed by atoms with Crippen LogP contribution in [-0.4, -0.2) is 4.57 Å². The molecule has 0 saturated heterocycles. The number of hydrogen-bond donors (Lipinski definition) is 0. The first-order valence-electron chi connectivity index (χ1n) is 4.05. The average molecular weight is 256 g/mol. The van der Waals surface area contributed by atoms with E-state index in [1.807, 2.05) is 0 Å². The molecule has 72 valence electrons. The second-order valence-electron chi connectivity index (χ2n) is 3.03. The van der Waals surface area contributed by atoms with E-state index in [9.17, 15) is 9.18 Å². The maximum Gasteiger partial charge on any atom is 0.250 e. The van der Waals surface area contributed by atoms with Gasteiger partial charge in [-0.1, -0.05) is 6.07 Å². The highest BCUT2D eigenvalue weighted by Crippen LogP contribution is 2.23. The van der Waals surface area contributed by atoms with Crippen LogP contribution >= 0.6 is 15.9 Å². The quantitative estimate of drug-likeness (QED) is 0.709. The van der Waals surface area contributed by atoms with Crippen molar-refractivity contribution in [1.29, 1.82) is 0 Å². The van der Waals surface area contributed by atoms with Gasteiger partial charge in [0.25, 0.3) is 5.56 Å². The van der Waals surface area contributed by atoms with Crippen molar-refractivity contribution in [2.45, 2.75) is 0 Å². The lowest BCUT2D eigenvalue weighted by Crippen LogP contribution is -2.16. The molecule has 0 spiro atoms. The molecule has 0 saturated carbocycles. The summed E-state index contributed by atoms with van der Waals surface area (Å²) in [5.74, 6) is -0.400. The molecule has 14 heavy (non-hydrogen) atoms. The molecule has 0 N–H and O–H groups in total. The number of aromatic nitrogens is 1. The maximum atomic E-state index is 13.6. The number of benzene rings is 1. The molecule has 0 bridgehead atoms. The van der Waals surface area contributed by atoms with Crippen molar-refractivity contribution in [1.82, 2.24) is 4.57 Å². The summed E-state index contributed by atoms with van der Waals surface area (Å²) < 4.78 is 15.3. The Morgan fingerprint density at radius 2 is 1.93 bits per heavy atom. The van der Waals surface area contributed by atoms with E-state index in [2.05, 4.69) is 15.9 Å². The normalized spacial score (nSPS) is 10.8. The Labute approximate surface area is 88.1 Å². The van der Waals surface area contributed by atoms with E-state index in [-0.39, 0.29) is 5.56 Å². The Bertz CT molecular complexity index is 562. The molecule has 0 fully saturated rings. The summed E-state index contributed by atoms with van der Waals surface area (Å²) in [6, 6.07) is 6.44. The molecule has 1 heterocycles. The summed E-state index contributed by atoms with van der Waals surface area (Å²) in [5.41, 5.74) is 0.112. The zero-order chi connectivity index (χ0) is 10.3. The number of aryl methyl sites for hydroxylation is 1. The van der Waals surface area contributed by atoms with E-state index in [1.54, 1.807) is 25.2 Å². The van der Waals surface area contributed by atoms with Gasteiger partial charge < -0.3 is 4.57 Å². The molecule has 0 atom stereocenters. The van der Waals surface area contributed by atoms with Crippen LogP contribution in [0.3, 0.4) is 0 Å². The zero-order valence-corrected chi connectivity index (χ0v) is 9.01. The largest absolute Gasteiger partial charge is 0.309 e. The Kier molecular flexibility index (Phi) is 2.15. The molecule has 1 aromatic heterocycles. The highest BCUT2D eigenvalue weighted by atomic mass is 79.9. The summed E-state index contributed by atoms with van der Waals surface area (Å²) in [6.07, 6.45) is 0. The molecule has 0 aliphatic rings. The van der Waals surface area contributed by atoms with E-state index < -0.39 is 5.82 Å². The number of pyridine rings is 1. The van der Waals surface area contributed by atoms with Crippen molar-refractivity contribution in [3.8, 4) is 0 Å². The van der Waals surface area contributed by atoms with Crippen LogP contribution in [-0.2, 0) is 7.05 Å². The van der Waals surface area contributed by atoms with Gasteiger partial charge in [0.05, 0.1) is 9.99 Å². The Balaban J connectivity index is 3.06. The lowest BCUT2D eigenvalue weighted by Gasteiger charge is -2.05. The van der Waals surface area contributed by atoms with Gasteiger partial charge in [-0.3, -0.25) is 4.79 Å². The Hall–Kier alpha value is -1.16. The first-order valence-corrected chi connectivity index (χ1v) is 4.84. The van der Waals surface area contributed by atoms with Gasteiger partial charge in [0.15, 0.2) is 5.82 Å². The molecule has 2 aromatic rings. The summed E-state index contributed by atoms with van der Waals surface area (Å²) in [5, 5.41) is 0.716. The van der Waals surface area contributed by atoms with E-state index >= 15 is 0 Å². The van der Waals surface area contributed by atoms with Crippen LogP contribution in [0.5, 0.6) is 0 Å². The molecule has 0 amide bonds. The van der Waals surface area contributed by atoms with Gasteiger partial charge in [-0.2, -0.15) is 0 Å². The third kappa shape index (κ3) is 1.26. The van der Waals surface area contributed by atoms with Crippen LogP contribution in [0.2, 0.25) is 0 Å². The summed E-state index contributed by atoms with van der Waals surface area (Å²) in [6.45, 7) is 0. The Morgan fingerprint density at radius 3 is 2.64 bits per heavy atom. The molecule has 1 aromatic carbocycles. The van der Waals surface area contributed by atoms with E-state index in [0.717, 1.165) is 0 Å². The van der Waals surface area contributed by atoms with Crippen molar-refractivity contribution < 1.29 is 4.39 Å². The van der Waals surface area contributed by atoms with Gasteiger partial charge >= 0.3 is 0 Å². The van der Waals surface area contributed by atoms with Gasteiger partial charge in [-0.15, -0.1) is 0 Å². The number of nitrogens with zero attached hydrogens (tertiary/aromatic N) is 1. The van der Waals surface area contributed by atoms with Crippen LogP contribution in [0.4, 0.5) is 4.39 Å². The Morgan fingerprint density at radius 1 is 1.29 bits per heavy atom. The van der Waals surface area contributed by atoms with Crippen LogP contribution in [0.25, 0.3) is 10.9 Å². The lowest BCUT2D eigenvalue weighted by molar-refractivity contribution is 0.623. The van der Waals surface area contributed by atoms with Crippen LogP contribution in [0.1, 0.15) is 0 Å². The smallest absolute Gasteiger partial charge is 0.250 e. The highest BCUT2D eigenvalue weighted by Gasteiger charge is 2.08. The van der Waals surface area contributed by atoms with E-state index in [0.29, 0.717) is 15.4 Å². The van der Waals surface area contributed by atoms with E-state index in [1.165, 1.54) is 10.6 Å². The fourth-order valence-electron chi connectivity index (χ4n) is 1.41. The summed E-state index contributed by atoms with van der Waals surface area (Å²) in [7, 11) is 1.56. The SMILES string of the molecule is Cn1c(=O)ccc2ccc(Br)c(F)c21. The zero-order valence-electron chi connectivity index (χ0n) is 7.42. The molecule has 0 aliphatic carbocycles. The average Bonchev–Trinajstić information content (AvgIpc) is 2.17. The third-order valence-corrected chi connectivity index (χ3v) is 2.78.